The quantitative estimate of drug-likeness (QED) is 0.127. The minimum absolute atomic E-state index is 0. The summed E-state index contributed by atoms with van der Waals surface area (Å²) in [5.74, 6) is 0.314. The van der Waals surface area contributed by atoms with Crippen molar-refractivity contribution >= 4 is 5.78 Å². The maximum atomic E-state index is 13.7. The predicted octanol–water partition coefficient (Wildman–Crippen LogP) is 7.10. The molecule has 0 saturated heterocycles. The molecule has 0 bridgehead atoms. The van der Waals surface area contributed by atoms with Crippen molar-refractivity contribution in [1.29, 1.82) is 0 Å². The maximum absolute atomic E-state index is 13.7. The van der Waals surface area contributed by atoms with Crippen LogP contribution in [0, 0.1) is 13.0 Å². The molecule has 214 valence electrons. The van der Waals surface area contributed by atoms with E-state index in [-0.39, 0.29) is 55.0 Å². The predicted molar refractivity (Wildman–Crippen MR) is 128 cm³/mol. The smallest absolute Gasteiger partial charge is 0.417 e. The molecule has 2 N–H and O–H groups in total. The molecular formula is C27H24F6NO4Pt-. The van der Waals surface area contributed by atoms with Crippen LogP contribution in [-0.4, -0.2) is 28.1 Å². The first kappa shape index (κ1) is 33.9. The van der Waals surface area contributed by atoms with Gasteiger partial charge in [0.15, 0.2) is 5.78 Å². The molecule has 0 fully saturated rings. The summed E-state index contributed by atoms with van der Waals surface area (Å²) in [6.45, 7) is 3.56. The van der Waals surface area contributed by atoms with Crippen LogP contribution in [0.5, 0.6) is 5.75 Å². The number of aliphatic hydroxyl groups is 2. The molecular weight excluding hydrogens is 711 g/mol. The van der Waals surface area contributed by atoms with Crippen molar-refractivity contribution in [3.8, 4) is 28.1 Å². The third-order valence-electron chi connectivity index (χ3n) is 5.01. The summed E-state index contributed by atoms with van der Waals surface area (Å²) in [5, 5.41) is 18.0. The van der Waals surface area contributed by atoms with Crippen LogP contribution in [0.1, 0.15) is 36.1 Å². The van der Waals surface area contributed by atoms with E-state index >= 15 is 0 Å². The third kappa shape index (κ3) is 9.21. The number of halogens is 6. The van der Waals surface area contributed by atoms with Gasteiger partial charge in [-0.15, -0.1) is 17.7 Å². The number of carbonyl (C=O) groups is 1. The zero-order valence-electron chi connectivity index (χ0n) is 21.1. The van der Waals surface area contributed by atoms with E-state index in [0.717, 1.165) is 18.3 Å². The SMILES string of the molecule is CC(=O)/C=C(/C)O.COc1c[c-]c(-c2cc(-c3c(C(F)(F)F)cc(C)cc3C(F)(F)F)ccn2)c(CO)c1.[Pt]. The number of rotatable bonds is 5. The first-order valence-electron chi connectivity index (χ1n) is 10.9. The maximum Gasteiger partial charge on any atom is 0.417 e. The molecule has 1 aromatic heterocycles. The van der Waals surface area contributed by atoms with Crippen LogP contribution in [0.15, 0.2) is 54.4 Å². The van der Waals surface area contributed by atoms with Crippen molar-refractivity contribution < 1.29 is 67.2 Å². The second-order valence-electron chi connectivity index (χ2n) is 8.15. The summed E-state index contributed by atoms with van der Waals surface area (Å²) < 4.78 is 87.1. The molecule has 3 rings (SSSR count). The first-order valence-corrected chi connectivity index (χ1v) is 10.9. The molecule has 0 aliphatic carbocycles. The number of hydrogen-bond donors (Lipinski definition) is 2. The minimum atomic E-state index is -5.01. The second kappa shape index (κ2) is 13.8. The molecule has 0 atom stereocenters. The number of aromatic nitrogens is 1. The number of alkyl halides is 6. The van der Waals surface area contributed by atoms with Crippen LogP contribution >= 0.6 is 0 Å². The van der Waals surface area contributed by atoms with E-state index in [4.69, 9.17) is 9.84 Å². The summed E-state index contributed by atoms with van der Waals surface area (Å²) in [6.07, 6.45) is -7.73. The molecule has 0 aliphatic rings. The monoisotopic (exact) mass is 735 g/mol. The summed E-state index contributed by atoms with van der Waals surface area (Å²) in [6, 6.07) is 9.29. The molecule has 0 radical (unpaired) electrons. The average molecular weight is 736 g/mol. The van der Waals surface area contributed by atoms with Crippen molar-refractivity contribution in [3.05, 3.63) is 82.8 Å². The van der Waals surface area contributed by atoms with E-state index in [1.165, 1.54) is 46.1 Å². The van der Waals surface area contributed by atoms with Crippen LogP contribution in [0.3, 0.4) is 0 Å². The molecule has 2 aromatic carbocycles. The fourth-order valence-electron chi connectivity index (χ4n) is 3.56. The van der Waals surface area contributed by atoms with Crippen molar-refractivity contribution in [2.45, 2.75) is 39.7 Å². The van der Waals surface area contributed by atoms with E-state index in [2.05, 4.69) is 11.1 Å². The fraction of sp³-hybridized carbons (Fsp3) is 0.259. The number of hydrogen-bond acceptors (Lipinski definition) is 5. The number of nitrogens with zero attached hydrogens (tertiary/aromatic N) is 1. The summed E-state index contributed by atoms with van der Waals surface area (Å²) in [4.78, 5) is 14.1. The number of methoxy groups -OCH3 is 1. The van der Waals surface area contributed by atoms with E-state index in [9.17, 15) is 36.2 Å². The minimum Gasteiger partial charge on any atom is -0.540 e. The van der Waals surface area contributed by atoms with E-state index in [0.29, 0.717) is 23.4 Å². The Bertz CT molecular complexity index is 1300. The normalized spacial score (nSPS) is 11.7. The van der Waals surface area contributed by atoms with Gasteiger partial charge in [0.05, 0.1) is 24.0 Å². The Labute approximate surface area is 235 Å². The van der Waals surface area contributed by atoms with Gasteiger partial charge in [0.2, 0.25) is 0 Å². The Hall–Kier alpha value is -3.17. The van der Waals surface area contributed by atoms with Crippen LogP contribution in [0.2, 0.25) is 0 Å². The number of ether oxygens (including phenoxy) is 1. The number of benzene rings is 2. The molecule has 5 nitrogen and oxygen atoms in total. The van der Waals surface area contributed by atoms with Crippen molar-refractivity contribution in [1.82, 2.24) is 4.98 Å². The molecule has 0 amide bonds. The molecule has 12 heteroatoms. The number of allylic oxidation sites excluding steroid dienone is 2. The zero-order chi connectivity index (χ0) is 28.8. The van der Waals surface area contributed by atoms with Gasteiger partial charge in [0.1, 0.15) is 0 Å². The first-order chi connectivity index (χ1) is 17.6. The standard InChI is InChI=1S/C22H16F6NO2.C5H8O2.Pt/c1-12-7-17(21(23,24)25)20(18(8-12)22(26,27)28)13-5-6-29-19(10-13)16-4-3-15(31-2)9-14(16)11-30;1-4(6)3-5(2)7;/h3,5-10,30H,11H2,1-2H3;3,6H,1-2H3;/q-1;;/b;4-3-;. The Morgan fingerprint density at radius 1 is 1.05 bits per heavy atom. The van der Waals surface area contributed by atoms with Crippen LogP contribution < -0.4 is 4.74 Å². The molecule has 39 heavy (non-hydrogen) atoms. The number of ketones is 1. The van der Waals surface area contributed by atoms with Crippen molar-refractivity contribution in [2.24, 2.45) is 0 Å². The zero-order valence-corrected chi connectivity index (χ0v) is 23.3. The summed E-state index contributed by atoms with van der Waals surface area (Å²) in [5.41, 5.74) is -3.63. The van der Waals surface area contributed by atoms with Crippen LogP contribution in [0.4, 0.5) is 26.3 Å². The molecule has 3 aromatic rings. The average Bonchev–Trinajstić information content (AvgIpc) is 2.81. The van der Waals surface area contributed by atoms with Gasteiger partial charge in [0.25, 0.3) is 0 Å². The molecule has 0 unspecified atom stereocenters. The van der Waals surface area contributed by atoms with Gasteiger partial charge in [-0.05, 0) is 55.8 Å². The fourth-order valence-corrected chi connectivity index (χ4v) is 3.56. The van der Waals surface area contributed by atoms with Crippen LogP contribution in [0.25, 0.3) is 22.4 Å². The van der Waals surface area contributed by atoms with Gasteiger partial charge in [-0.3, -0.25) is 4.79 Å². The van der Waals surface area contributed by atoms with E-state index < -0.39 is 35.6 Å². The van der Waals surface area contributed by atoms with Gasteiger partial charge in [-0.1, -0.05) is 17.7 Å². The number of pyridine rings is 1. The molecule has 0 spiro atoms. The largest absolute Gasteiger partial charge is 0.540 e. The van der Waals surface area contributed by atoms with Gasteiger partial charge < -0.3 is 19.9 Å². The third-order valence-corrected chi connectivity index (χ3v) is 5.01. The van der Waals surface area contributed by atoms with Gasteiger partial charge >= 0.3 is 12.4 Å². The van der Waals surface area contributed by atoms with Crippen molar-refractivity contribution in [3.63, 3.8) is 0 Å². The topological polar surface area (TPSA) is 79.7 Å². The van der Waals surface area contributed by atoms with Gasteiger partial charge in [0, 0.05) is 51.3 Å². The Balaban J connectivity index is 0.000000841. The van der Waals surface area contributed by atoms with Gasteiger partial charge in [-0.25, -0.2) is 0 Å². The summed E-state index contributed by atoms with van der Waals surface area (Å²) >= 11 is 0. The Morgan fingerprint density at radius 2 is 1.62 bits per heavy atom. The molecule has 0 saturated carbocycles. The number of aryl methyl sites for hydroxylation is 1. The Kier molecular flexibility index (Phi) is 11.9. The molecule has 1 heterocycles. The summed E-state index contributed by atoms with van der Waals surface area (Å²) in [7, 11) is 1.40. The number of aliphatic hydroxyl groups excluding tert-OH is 2. The second-order valence-corrected chi connectivity index (χ2v) is 8.15. The molecule has 0 aliphatic heterocycles. The Morgan fingerprint density at radius 3 is 2.03 bits per heavy atom. The van der Waals surface area contributed by atoms with E-state index in [1.807, 2.05) is 0 Å². The van der Waals surface area contributed by atoms with Gasteiger partial charge in [-0.2, -0.15) is 26.3 Å². The van der Waals surface area contributed by atoms with E-state index in [1.54, 1.807) is 0 Å². The van der Waals surface area contributed by atoms with Crippen molar-refractivity contribution in [2.75, 3.05) is 7.11 Å². The number of carbonyl (C=O) groups excluding carboxylic acids is 1. The van der Waals surface area contributed by atoms with Crippen LogP contribution in [-0.2, 0) is 44.8 Å².